The lowest BCUT2D eigenvalue weighted by Crippen LogP contribution is -1.92. The molecule has 1 heterocycles. The second kappa shape index (κ2) is 5.31. The van der Waals surface area contributed by atoms with Gasteiger partial charge in [-0.2, -0.15) is 0 Å². The number of pyridine rings is 1. The molecule has 0 spiro atoms. The van der Waals surface area contributed by atoms with Gasteiger partial charge in [-0.25, -0.2) is 0 Å². The molecule has 0 atom stereocenters. The maximum Gasteiger partial charge on any atom is 0.151 e. The zero-order chi connectivity index (χ0) is 13.0. The third kappa shape index (κ3) is 2.32. The highest BCUT2D eigenvalue weighted by Gasteiger charge is 2.08. The molecule has 0 radical (unpaired) electrons. The first-order chi connectivity index (χ1) is 8.78. The van der Waals surface area contributed by atoms with E-state index in [-0.39, 0.29) is 0 Å². The van der Waals surface area contributed by atoms with Gasteiger partial charge in [0.15, 0.2) is 6.29 Å². The van der Waals surface area contributed by atoms with Gasteiger partial charge >= 0.3 is 0 Å². The van der Waals surface area contributed by atoms with Crippen LogP contribution in [0.15, 0.2) is 36.7 Å². The minimum atomic E-state index is 0.525. The number of hydrogen-bond acceptors (Lipinski definition) is 4. The van der Waals surface area contributed by atoms with E-state index in [1.54, 1.807) is 26.5 Å². The van der Waals surface area contributed by atoms with Crippen LogP contribution in [0.3, 0.4) is 0 Å². The van der Waals surface area contributed by atoms with Crippen molar-refractivity contribution in [3.8, 4) is 22.6 Å². The number of aromatic nitrogens is 1. The topological polar surface area (TPSA) is 48.4 Å². The average Bonchev–Trinajstić information content (AvgIpc) is 2.46. The first-order valence-corrected chi connectivity index (χ1v) is 5.41. The van der Waals surface area contributed by atoms with Gasteiger partial charge in [-0.1, -0.05) is 0 Å². The van der Waals surface area contributed by atoms with Gasteiger partial charge in [-0.05, 0) is 24.3 Å². The van der Waals surface area contributed by atoms with Crippen LogP contribution in [0.25, 0.3) is 11.1 Å². The van der Waals surface area contributed by atoms with Gasteiger partial charge in [0.1, 0.15) is 11.5 Å². The normalized spacial score (nSPS) is 9.89. The van der Waals surface area contributed by atoms with Crippen molar-refractivity contribution >= 4 is 6.29 Å². The second-order valence-electron chi connectivity index (χ2n) is 3.69. The number of hydrogen-bond donors (Lipinski definition) is 0. The van der Waals surface area contributed by atoms with Crippen LogP contribution in [0.2, 0.25) is 0 Å². The Morgan fingerprint density at radius 1 is 1.11 bits per heavy atom. The molecule has 0 N–H and O–H groups in total. The van der Waals surface area contributed by atoms with E-state index in [4.69, 9.17) is 9.47 Å². The van der Waals surface area contributed by atoms with E-state index < -0.39 is 0 Å². The van der Waals surface area contributed by atoms with Crippen molar-refractivity contribution in [2.75, 3.05) is 14.2 Å². The fourth-order valence-electron chi connectivity index (χ4n) is 1.71. The van der Waals surface area contributed by atoms with Gasteiger partial charge in [0.2, 0.25) is 0 Å². The molecule has 2 rings (SSSR count). The summed E-state index contributed by atoms with van der Waals surface area (Å²) in [6.45, 7) is 0. The van der Waals surface area contributed by atoms with Gasteiger partial charge in [-0.3, -0.25) is 9.78 Å². The van der Waals surface area contributed by atoms with E-state index >= 15 is 0 Å². The van der Waals surface area contributed by atoms with E-state index in [2.05, 4.69) is 4.98 Å². The summed E-state index contributed by atoms with van der Waals surface area (Å²) in [6, 6.07) is 7.25. The summed E-state index contributed by atoms with van der Waals surface area (Å²) in [5, 5.41) is 0. The molecule has 0 saturated carbocycles. The van der Waals surface area contributed by atoms with E-state index in [1.165, 1.54) is 6.20 Å². The number of aldehydes is 1. The number of methoxy groups -OCH3 is 2. The van der Waals surface area contributed by atoms with Crippen molar-refractivity contribution in [3.05, 3.63) is 42.2 Å². The summed E-state index contributed by atoms with van der Waals surface area (Å²) in [6.07, 6.45) is 3.97. The first kappa shape index (κ1) is 12.1. The largest absolute Gasteiger partial charge is 0.497 e. The molecule has 4 heteroatoms. The lowest BCUT2D eigenvalue weighted by Gasteiger charge is -2.10. The van der Waals surface area contributed by atoms with Crippen LogP contribution in [-0.2, 0) is 0 Å². The predicted molar refractivity (Wildman–Crippen MR) is 68.2 cm³/mol. The smallest absolute Gasteiger partial charge is 0.151 e. The van der Waals surface area contributed by atoms with Crippen LogP contribution in [0, 0.1) is 0 Å². The molecule has 0 bridgehead atoms. The summed E-state index contributed by atoms with van der Waals surface area (Å²) in [7, 11) is 3.20. The van der Waals surface area contributed by atoms with Gasteiger partial charge in [0, 0.05) is 29.1 Å². The average molecular weight is 243 g/mol. The van der Waals surface area contributed by atoms with E-state index in [0.717, 1.165) is 23.2 Å². The fourth-order valence-corrected chi connectivity index (χ4v) is 1.71. The number of carbonyl (C=O) groups excluding carboxylic acids is 1. The maximum atomic E-state index is 10.8. The quantitative estimate of drug-likeness (QED) is 0.774. The van der Waals surface area contributed by atoms with Crippen LogP contribution in [-0.4, -0.2) is 25.5 Å². The van der Waals surface area contributed by atoms with Gasteiger partial charge in [0.25, 0.3) is 0 Å². The van der Waals surface area contributed by atoms with Crippen LogP contribution in [0.4, 0.5) is 0 Å². The Labute approximate surface area is 105 Å². The summed E-state index contributed by atoms with van der Waals surface area (Å²) in [5.74, 6) is 1.43. The summed E-state index contributed by atoms with van der Waals surface area (Å²) in [4.78, 5) is 14.8. The molecule has 0 aliphatic carbocycles. The highest BCUT2D eigenvalue weighted by Crippen LogP contribution is 2.33. The molecule has 0 unspecified atom stereocenters. The molecule has 18 heavy (non-hydrogen) atoms. The number of benzene rings is 1. The molecule has 0 saturated heterocycles. The Morgan fingerprint density at radius 2 is 1.94 bits per heavy atom. The monoisotopic (exact) mass is 243 g/mol. The van der Waals surface area contributed by atoms with Gasteiger partial charge < -0.3 is 9.47 Å². The highest BCUT2D eigenvalue weighted by molar-refractivity contribution is 5.79. The molecular formula is C14H13NO3. The Bertz CT molecular complexity index is 567. The van der Waals surface area contributed by atoms with Gasteiger partial charge in [-0.15, -0.1) is 0 Å². The lowest BCUT2D eigenvalue weighted by molar-refractivity contribution is 0.112. The van der Waals surface area contributed by atoms with Crippen molar-refractivity contribution in [3.63, 3.8) is 0 Å². The molecule has 0 amide bonds. The summed E-state index contributed by atoms with van der Waals surface area (Å²) >= 11 is 0. The standard InChI is InChI=1S/C14H13NO3/c1-17-12-3-4-14(18-2)13(6-12)11-5-10(9-16)7-15-8-11/h3-9H,1-2H3. The van der Waals surface area contributed by atoms with Crippen LogP contribution in [0.1, 0.15) is 10.4 Å². The van der Waals surface area contributed by atoms with Crippen LogP contribution < -0.4 is 9.47 Å². The Balaban J connectivity index is 2.56. The number of nitrogens with zero attached hydrogens (tertiary/aromatic N) is 1. The summed E-state index contributed by atoms with van der Waals surface area (Å²) in [5.41, 5.74) is 2.18. The fraction of sp³-hybridized carbons (Fsp3) is 0.143. The van der Waals surface area contributed by atoms with Crippen molar-refractivity contribution in [1.29, 1.82) is 0 Å². The summed E-state index contributed by atoms with van der Waals surface area (Å²) < 4.78 is 10.5. The molecule has 0 fully saturated rings. The SMILES string of the molecule is COc1ccc(OC)c(-c2cncc(C=O)c2)c1. The number of carbonyl (C=O) groups is 1. The molecule has 1 aromatic carbocycles. The first-order valence-electron chi connectivity index (χ1n) is 5.41. The Morgan fingerprint density at radius 3 is 2.61 bits per heavy atom. The van der Waals surface area contributed by atoms with E-state index in [0.29, 0.717) is 11.3 Å². The third-order valence-corrected chi connectivity index (χ3v) is 2.61. The number of rotatable bonds is 4. The van der Waals surface area contributed by atoms with Crippen LogP contribution >= 0.6 is 0 Å². The molecule has 92 valence electrons. The molecule has 4 nitrogen and oxygen atoms in total. The second-order valence-corrected chi connectivity index (χ2v) is 3.69. The minimum Gasteiger partial charge on any atom is -0.497 e. The zero-order valence-electron chi connectivity index (χ0n) is 10.2. The van der Waals surface area contributed by atoms with Crippen molar-refractivity contribution in [2.24, 2.45) is 0 Å². The highest BCUT2D eigenvalue weighted by atomic mass is 16.5. The minimum absolute atomic E-state index is 0.525. The predicted octanol–water partition coefficient (Wildman–Crippen LogP) is 2.58. The zero-order valence-corrected chi connectivity index (χ0v) is 10.2. The lowest BCUT2D eigenvalue weighted by atomic mass is 10.0. The Kier molecular flexibility index (Phi) is 3.57. The molecule has 0 aliphatic rings. The molecule has 0 aliphatic heterocycles. The Hall–Kier alpha value is -2.36. The van der Waals surface area contributed by atoms with Gasteiger partial charge in [0.05, 0.1) is 14.2 Å². The molecule has 1 aromatic heterocycles. The van der Waals surface area contributed by atoms with Crippen molar-refractivity contribution in [2.45, 2.75) is 0 Å². The van der Waals surface area contributed by atoms with Crippen LogP contribution in [0.5, 0.6) is 11.5 Å². The maximum absolute atomic E-state index is 10.8. The van der Waals surface area contributed by atoms with E-state index in [9.17, 15) is 4.79 Å². The van der Waals surface area contributed by atoms with E-state index in [1.807, 2.05) is 18.2 Å². The molecule has 2 aromatic rings. The third-order valence-electron chi connectivity index (χ3n) is 2.61. The van der Waals surface area contributed by atoms with Crippen molar-refractivity contribution < 1.29 is 14.3 Å². The number of ether oxygens (including phenoxy) is 2. The van der Waals surface area contributed by atoms with Crippen molar-refractivity contribution in [1.82, 2.24) is 4.98 Å². The molecular weight excluding hydrogens is 230 g/mol.